The van der Waals surface area contributed by atoms with Gasteiger partial charge in [0.25, 0.3) is 5.91 Å². The van der Waals surface area contributed by atoms with Gasteiger partial charge < -0.3 is 4.90 Å². The van der Waals surface area contributed by atoms with Crippen molar-refractivity contribution in [2.45, 2.75) is 18.9 Å². The second-order valence-electron chi connectivity index (χ2n) is 6.34. The number of likely N-dealkylation sites (N-methyl/N-ethyl adjacent to an activating group) is 1. The number of hydrogen-bond donors (Lipinski definition) is 0. The fourth-order valence-corrected chi connectivity index (χ4v) is 4.24. The first kappa shape index (κ1) is 15.8. The van der Waals surface area contributed by atoms with Crippen LogP contribution in [0.3, 0.4) is 0 Å². The predicted octanol–water partition coefficient (Wildman–Crippen LogP) is 3.70. The molecule has 5 nitrogen and oxygen atoms in total. The zero-order valence-electron chi connectivity index (χ0n) is 14.0. The van der Waals surface area contributed by atoms with Crippen LogP contribution < -0.4 is 4.90 Å². The molecule has 4 rings (SSSR count). The lowest BCUT2D eigenvalue weighted by molar-refractivity contribution is -0.123. The number of imide groups is 1. The van der Waals surface area contributed by atoms with Crippen LogP contribution in [0, 0.1) is 0 Å². The van der Waals surface area contributed by atoms with Gasteiger partial charge in [-0.05, 0) is 31.2 Å². The van der Waals surface area contributed by atoms with Gasteiger partial charge in [0, 0.05) is 13.5 Å². The Bertz CT molecular complexity index is 936. The summed E-state index contributed by atoms with van der Waals surface area (Å²) in [5.41, 5.74) is 0.573. The largest absolute Gasteiger partial charge is 0.332 e. The number of rotatable bonds is 3. The lowest BCUT2D eigenvalue weighted by atomic mass is 9.96. The molecule has 0 radical (unpaired) electrons. The standard InChI is InChI=1S/C19H17N3O2S/c1-19(12-16-20-14-10-6-7-11-15(14)25-16)17(23)22(18(24)21(19)2)13-8-4-3-5-9-13/h3-11H,12H2,1-2H3. The molecular weight excluding hydrogens is 334 g/mol. The highest BCUT2D eigenvalue weighted by Crippen LogP contribution is 2.35. The molecule has 2 heterocycles. The summed E-state index contributed by atoms with van der Waals surface area (Å²) >= 11 is 1.57. The maximum Gasteiger partial charge on any atom is 0.332 e. The van der Waals surface area contributed by atoms with Crippen LogP contribution in [0.25, 0.3) is 10.2 Å². The van der Waals surface area contributed by atoms with Crippen molar-refractivity contribution in [1.82, 2.24) is 9.88 Å². The summed E-state index contributed by atoms with van der Waals surface area (Å²) in [5, 5.41) is 0.853. The van der Waals surface area contributed by atoms with Crippen molar-refractivity contribution in [3.8, 4) is 0 Å². The monoisotopic (exact) mass is 351 g/mol. The van der Waals surface area contributed by atoms with Crippen molar-refractivity contribution >= 4 is 39.2 Å². The van der Waals surface area contributed by atoms with Gasteiger partial charge in [0.1, 0.15) is 5.54 Å². The summed E-state index contributed by atoms with van der Waals surface area (Å²) in [6.45, 7) is 1.81. The van der Waals surface area contributed by atoms with Crippen molar-refractivity contribution in [3.05, 3.63) is 59.6 Å². The zero-order valence-corrected chi connectivity index (χ0v) is 14.8. The Labute approximate surface area is 149 Å². The van der Waals surface area contributed by atoms with Crippen LogP contribution in [0.15, 0.2) is 54.6 Å². The third-order valence-electron chi connectivity index (χ3n) is 4.73. The first-order valence-corrected chi connectivity index (χ1v) is 8.84. The Balaban J connectivity index is 1.70. The molecule has 126 valence electrons. The molecule has 0 spiro atoms. The average molecular weight is 351 g/mol. The normalized spacial score (nSPS) is 20.7. The molecule has 1 fully saturated rings. The molecule has 1 saturated heterocycles. The van der Waals surface area contributed by atoms with Crippen molar-refractivity contribution in [2.24, 2.45) is 0 Å². The van der Waals surface area contributed by atoms with Gasteiger partial charge in [-0.2, -0.15) is 0 Å². The molecule has 1 atom stereocenters. The number of amides is 3. The van der Waals surface area contributed by atoms with Crippen LogP contribution in [0.2, 0.25) is 0 Å². The highest BCUT2D eigenvalue weighted by Gasteiger charge is 2.53. The minimum Gasteiger partial charge on any atom is -0.312 e. The lowest BCUT2D eigenvalue weighted by Gasteiger charge is -2.27. The van der Waals surface area contributed by atoms with Crippen molar-refractivity contribution in [2.75, 3.05) is 11.9 Å². The third kappa shape index (κ3) is 2.41. The number of carbonyl (C=O) groups is 2. The van der Waals surface area contributed by atoms with Gasteiger partial charge >= 0.3 is 6.03 Å². The molecule has 0 aliphatic carbocycles. The second kappa shape index (κ2) is 5.67. The molecule has 1 aromatic heterocycles. The Morgan fingerprint density at radius 3 is 2.44 bits per heavy atom. The van der Waals surface area contributed by atoms with E-state index in [4.69, 9.17) is 0 Å². The van der Waals surface area contributed by atoms with Crippen LogP contribution in [-0.2, 0) is 11.2 Å². The number of carbonyl (C=O) groups excluding carboxylic acids is 2. The number of urea groups is 1. The molecule has 0 saturated carbocycles. The molecule has 3 amide bonds. The molecular formula is C19H17N3O2S. The molecule has 1 aliphatic rings. The maximum atomic E-state index is 13.1. The second-order valence-corrected chi connectivity index (χ2v) is 7.46. The fraction of sp³-hybridized carbons (Fsp3) is 0.211. The molecule has 0 bridgehead atoms. The molecule has 1 unspecified atom stereocenters. The highest BCUT2D eigenvalue weighted by molar-refractivity contribution is 7.18. The van der Waals surface area contributed by atoms with Crippen molar-refractivity contribution < 1.29 is 9.59 Å². The zero-order chi connectivity index (χ0) is 17.6. The smallest absolute Gasteiger partial charge is 0.312 e. The van der Waals surface area contributed by atoms with E-state index < -0.39 is 5.54 Å². The van der Waals surface area contributed by atoms with Gasteiger partial charge in [-0.25, -0.2) is 14.7 Å². The number of thiazole rings is 1. The Kier molecular flexibility index (Phi) is 3.58. The van der Waals surface area contributed by atoms with Crippen LogP contribution >= 0.6 is 11.3 Å². The van der Waals surface area contributed by atoms with E-state index >= 15 is 0 Å². The lowest BCUT2D eigenvalue weighted by Crippen LogP contribution is -2.47. The highest BCUT2D eigenvalue weighted by atomic mass is 32.1. The number of hydrogen-bond acceptors (Lipinski definition) is 4. The number of aromatic nitrogens is 1. The quantitative estimate of drug-likeness (QED) is 0.676. The Morgan fingerprint density at radius 1 is 1.04 bits per heavy atom. The van der Waals surface area contributed by atoms with Crippen LogP contribution in [-0.4, -0.2) is 34.4 Å². The maximum absolute atomic E-state index is 13.1. The average Bonchev–Trinajstić information content (AvgIpc) is 3.09. The summed E-state index contributed by atoms with van der Waals surface area (Å²) in [4.78, 5) is 33.2. The van der Waals surface area contributed by atoms with Gasteiger partial charge in [0.05, 0.1) is 20.9 Å². The third-order valence-corrected chi connectivity index (χ3v) is 5.77. The molecule has 6 heteroatoms. The predicted molar refractivity (Wildman–Crippen MR) is 98.8 cm³/mol. The first-order chi connectivity index (χ1) is 12.0. The molecule has 25 heavy (non-hydrogen) atoms. The van der Waals surface area contributed by atoms with Crippen molar-refractivity contribution in [1.29, 1.82) is 0 Å². The number of para-hydroxylation sites is 2. The summed E-state index contributed by atoms with van der Waals surface area (Å²) in [7, 11) is 1.68. The summed E-state index contributed by atoms with van der Waals surface area (Å²) in [6.07, 6.45) is 0.400. The molecule has 3 aromatic rings. The number of nitrogens with zero attached hydrogens (tertiary/aromatic N) is 3. The topological polar surface area (TPSA) is 53.5 Å². The van der Waals surface area contributed by atoms with Gasteiger partial charge in [-0.15, -0.1) is 11.3 Å². The van der Waals surface area contributed by atoms with Crippen LogP contribution in [0.1, 0.15) is 11.9 Å². The van der Waals surface area contributed by atoms with Gasteiger partial charge in [-0.3, -0.25) is 4.79 Å². The van der Waals surface area contributed by atoms with Gasteiger partial charge in [0.2, 0.25) is 0 Å². The van der Waals surface area contributed by atoms with Crippen molar-refractivity contribution in [3.63, 3.8) is 0 Å². The van der Waals surface area contributed by atoms with E-state index in [9.17, 15) is 9.59 Å². The van der Waals surface area contributed by atoms with Gasteiger partial charge in [0.15, 0.2) is 0 Å². The van der Waals surface area contributed by atoms with E-state index in [0.717, 1.165) is 15.2 Å². The number of fused-ring (bicyclic) bond motifs is 1. The SMILES string of the molecule is CN1C(=O)N(c2ccccc2)C(=O)C1(C)Cc1nc2ccccc2s1. The van der Waals surface area contributed by atoms with E-state index in [1.165, 1.54) is 9.80 Å². The van der Waals surface area contributed by atoms with E-state index in [1.807, 2.05) is 49.4 Å². The number of anilines is 1. The Morgan fingerprint density at radius 2 is 1.72 bits per heavy atom. The number of benzene rings is 2. The summed E-state index contributed by atoms with van der Waals surface area (Å²) in [6, 6.07) is 16.6. The van der Waals surface area contributed by atoms with E-state index in [2.05, 4.69) is 4.98 Å². The first-order valence-electron chi connectivity index (χ1n) is 8.02. The molecule has 2 aromatic carbocycles. The summed E-state index contributed by atoms with van der Waals surface area (Å²) in [5.74, 6) is -0.217. The molecule has 1 aliphatic heterocycles. The minimum absolute atomic E-state index is 0.217. The van der Waals surface area contributed by atoms with E-state index in [1.54, 1.807) is 30.5 Å². The minimum atomic E-state index is -0.944. The van der Waals surface area contributed by atoms with Gasteiger partial charge in [-0.1, -0.05) is 30.3 Å². The molecule has 0 N–H and O–H groups in total. The van der Waals surface area contributed by atoms with E-state index in [0.29, 0.717) is 12.1 Å². The fourth-order valence-electron chi connectivity index (χ4n) is 3.12. The summed E-state index contributed by atoms with van der Waals surface area (Å²) < 4.78 is 1.08. The van der Waals surface area contributed by atoms with E-state index in [-0.39, 0.29) is 11.9 Å². The van der Waals surface area contributed by atoms with Crippen LogP contribution in [0.4, 0.5) is 10.5 Å². The Hall–Kier alpha value is -2.73. The van der Waals surface area contributed by atoms with Crippen LogP contribution in [0.5, 0.6) is 0 Å².